The summed E-state index contributed by atoms with van der Waals surface area (Å²) in [5.74, 6) is 0. The van der Waals surface area contributed by atoms with Gasteiger partial charge in [-0.3, -0.25) is 0 Å². The van der Waals surface area contributed by atoms with Crippen LogP contribution in [0.3, 0.4) is 0 Å². The lowest BCUT2D eigenvalue weighted by atomic mass is 10.0. The van der Waals surface area contributed by atoms with Gasteiger partial charge in [0.05, 0.1) is 5.39 Å². The highest BCUT2D eigenvalue weighted by atomic mass is 16.4. The van der Waals surface area contributed by atoms with E-state index >= 15 is 0 Å². The highest BCUT2D eigenvalue weighted by molar-refractivity contribution is 6.04. The summed E-state index contributed by atoms with van der Waals surface area (Å²) in [7, 11) is 0. The number of fused-ring (bicyclic) bond motifs is 3. The Morgan fingerprint density at radius 2 is 1.50 bits per heavy atom. The SMILES string of the molecule is Cc1ccc2oc(=O)c3cc(C)c(C)cc3c2c1. The molecule has 0 amide bonds. The molecule has 0 radical (unpaired) electrons. The second-order valence-electron chi connectivity index (χ2n) is 4.87. The van der Waals surface area contributed by atoms with Gasteiger partial charge in [0.1, 0.15) is 5.58 Å². The molecule has 0 atom stereocenters. The lowest BCUT2D eigenvalue weighted by Crippen LogP contribution is -2.01. The first kappa shape index (κ1) is 11.0. The number of benzene rings is 2. The van der Waals surface area contributed by atoms with Crippen LogP contribution in [0, 0.1) is 20.8 Å². The van der Waals surface area contributed by atoms with Gasteiger partial charge in [0.15, 0.2) is 0 Å². The maximum Gasteiger partial charge on any atom is 0.344 e. The van der Waals surface area contributed by atoms with Crippen LogP contribution >= 0.6 is 0 Å². The molecular weight excluding hydrogens is 224 g/mol. The maximum atomic E-state index is 12.0. The van der Waals surface area contributed by atoms with Crippen LogP contribution in [0.2, 0.25) is 0 Å². The molecule has 2 nitrogen and oxygen atoms in total. The van der Waals surface area contributed by atoms with Gasteiger partial charge in [0, 0.05) is 10.8 Å². The summed E-state index contributed by atoms with van der Waals surface area (Å²) in [4.78, 5) is 12.0. The van der Waals surface area contributed by atoms with Crippen molar-refractivity contribution in [3.05, 3.63) is 57.4 Å². The molecule has 1 heterocycles. The summed E-state index contributed by atoms with van der Waals surface area (Å²) in [5, 5.41) is 2.65. The van der Waals surface area contributed by atoms with E-state index < -0.39 is 0 Å². The normalized spacial score (nSPS) is 11.3. The second kappa shape index (κ2) is 3.70. The fourth-order valence-corrected chi connectivity index (χ4v) is 2.31. The number of aryl methyl sites for hydroxylation is 3. The first-order valence-electron chi connectivity index (χ1n) is 6.01. The quantitative estimate of drug-likeness (QED) is 0.439. The molecule has 0 saturated heterocycles. The minimum absolute atomic E-state index is 0.260. The molecule has 0 aliphatic carbocycles. The van der Waals surface area contributed by atoms with Crippen LogP contribution in [0.25, 0.3) is 21.7 Å². The van der Waals surface area contributed by atoms with Crippen LogP contribution in [-0.2, 0) is 0 Å². The van der Waals surface area contributed by atoms with E-state index in [2.05, 4.69) is 19.1 Å². The molecule has 1 aromatic heterocycles. The average molecular weight is 238 g/mol. The molecule has 2 aromatic carbocycles. The molecular formula is C16H14O2. The first-order chi connectivity index (χ1) is 8.56. The van der Waals surface area contributed by atoms with Crippen molar-refractivity contribution in [2.75, 3.05) is 0 Å². The van der Waals surface area contributed by atoms with E-state index in [4.69, 9.17) is 4.42 Å². The third-order valence-electron chi connectivity index (χ3n) is 3.48. The maximum absolute atomic E-state index is 12.0. The Hall–Kier alpha value is -2.09. The van der Waals surface area contributed by atoms with E-state index in [0.717, 1.165) is 21.9 Å². The standard InChI is InChI=1S/C16H14O2/c1-9-4-5-15-13(6-9)12-7-10(2)11(3)8-14(12)16(17)18-15/h4-8H,1-3H3. The van der Waals surface area contributed by atoms with Crippen molar-refractivity contribution < 1.29 is 4.42 Å². The summed E-state index contributed by atoms with van der Waals surface area (Å²) in [5.41, 5.74) is 3.86. The van der Waals surface area contributed by atoms with Crippen LogP contribution in [0.4, 0.5) is 0 Å². The van der Waals surface area contributed by atoms with Gasteiger partial charge in [0.2, 0.25) is 0 Å². The fraction of sp³-hybridized carbons (Fsp3) is 0.188. The summed E-state index contributed by atoms with van der Waals surface area (Å²) in [6.45, 7) is 6.11. The molecule has 0 bridgehead atoms. The predicted octanol–water partition coefficient (Wildman–Crippen LogP) is 3.87. The Labute approximate surface area is 105 Å². The predicted molar refractivity (Wildman–Crippen MR) is 74.2 cm³/mol. The van der Waals surface area contributed by atoms with E-state index in [1.54, 1.807) is 0 Å². The van der Waals surface area contributed by atoms with Crippen molar-refractivity contribution in [2.24, 2.45) is 0 Å². The van der Waals surface area contributed by atoms with Gasteiger partial charge in [-0.2, -0.15) is 0 Å². The molecule has 90 valence electrons. The molecule has 0 spiro atoms. The zero-order valence-electron chi connectivity index (χ0n) is 10.7. The topological polar surface area (TPSA) is 30.2 Å². The molecule has 3 aromatic rings. The summed E-state index contributed by atoms with van der Waals surface area (Å²) in [6.07, 6.45) is 0. The number of rotatable bonds is 0. The number of hydrogen-bond acceptors (Lipinski definition) is 2. The van der Waals surface area contributed by atoms with Gasteiger partial charge in [-0.25, -0.2) is 4.79 Å². The van der Waals surface area contributed by atoms with Crippen LogP contribution in [0.1, 0.15) is 16.7 Å². The lowest BCUT2D eigenvalue weighted by Gasteiger charge is -2.06. The molecule has 0 unspecified atom stereocenters. The van der Waals surface area contributed by atoms with E-state index in [1.165, 1.54) is 5.56 Å². The minimum Gasteiger partial charge on any atom is -0.422 e. The molecule has 0 fully saturated rings. The largest absolute Gasteiger partial charge is 0.422 e. The monoisotopic (exact) mass is 238 g/mol. The second-order valence-corrected chi connectivity index (χ2v) is 4.87. The van der Waals surface area contributed by atoms with Gasteiger partial charge in [-0.15, -0.1) is 0 Å². The zero-order chi connectivity index (χ0) is 12.9. The molecule has 0 aliphatic rings. The average Bonchev–Trinajstić information content (AvgIpc) is 2.33. The van der Waals surface area contributed by atoms with Crippen molar-refractivity contribution in [3.8, 4) is 0 Å². The molecule has 18 heavy (non-hydrogen) atoms. The van der Waals surface area contributed by atoms with Crippen LogP contribution < -0.4 is 5.63 Å². The van der Waals surface area contributed by atoms with Gasteiger partial charge in [-0.05, 0) is 50.1 Å². The van der Waals surface area contributed by atoms with Crippen molar-refractivity contribution >= 4 is 21.7 Å². The van der Waals surface area contributed by atoms with Crippen molar-refractivity contribution in [1.82, 2.24) is 0 Å². The first-order valence-corrected chi connectivity index (χ1v) is 6.01. The Morgan fingerprint density at radius 3 is 2.22 bits per heavy atom. The molecule has 0 N–H and O–H groups in total. The van der Waals surface area contributed by atoms with Crippen molar-refractivity contribution in [3.63, 3.8) is 0 Å². The third-order valence-corrected chi connectivity index (χ3v) is 3.48. The highest BCUT2D eigenvalue weighted by Gasteiger charge is 2.08. The zero-order valence-corrected chi connectivity index (χ0v) is 10.7. The Kier molecular flexibility index (Phi) is 2.27. The van der Waals surface area contributed by atoms with Gasteiger partial charge in [0.25, 0.3) is 0 Å². The van der Waals surface area contributed by atoms with E-state index in [9.17, 15) is 4.79 Å². The Balaban J connectivity index is 2.63. The molecule has 0 saturated carbocycles. The third kappa shape index (κ3) is 1.53. The van der Waals surface area contributed by atoms with E-state index in [-0.39, 0.29) is 5.63 Å². The Bertz CT molecular complexity index is 826. The minimum atomic E-state index is -0.260. The van der Waals surface area contributed by atoms with Gasteiger partial charge >= 0.3 is 5.63 Å². The van der Waals surface area contributed by atoms with Crippen LogP contribution in [-0.4, -0.2) is 0 Å². The Morgan fingerprint density at radius 1 is 0.833 bits per heavy atom. The van der Waals surface area contributed by atoms with Crippen molar-refractivity contribution in [2.45, 2.75) is 20.8 Å². The molecule has 0 aliphatic heterocycles. The molecule has 2 heteroatoms. The number of hydrogen-bond donors (Lipinski definition) is 0. The fourth-order valence-electron chi connectivity index (χ4n) is 2.31. The summed E-state index contributed by atoms with van der Waals surface area (Å²) < 4.78 is 5.37. The summed E-state index contributed by atoms with van der Waals surface area (Å²) >= 11 is 0. The van der Waals surface area contributed by atoms with Gasteiger partial charge < -0.3 is 4.42 Å². The molecule has 3 rings (SSSR count). The van der Waals surface area contributed by atoms with Crippen molar-refractivity contribution in [1.29, 1.82) is 0 Å². The smallest absolute Gasteiger partial charge is 0.344 e. The van der Waals surface area contributed by atoms with Gasteiger partial charge in [-0.1, -0.05) is 17.7 Å². The lowest BCUT2D eigenvalue weighted by molar-refractivity contribution is 0.569. The van der Waals surface area contributed by atoms with Crippen LogP contribution in [0.15, 0.2) is 39.5 Å². The highest BCUT2D eigenvalue weighted by Crippen LogP contribution is 2.26. The summed E-state index contributed by atoms with van der Waals surface area (Å²) in [6, 6.07) is 9.87. The van der Waals surface area contributed by atoms with E-state index in [1.807, 2.05) is 32.0 Å². The van der Waals surface area contributed by atoms with Crippen LogP contribution in [0.5, 0.6) is 0 Å². The van der Waals surface area contributed by atoms with E-state index in [0.29, 0.717) is 11.0 Å².